The molecule has 10 amide bonds. The van der Waals surface area contributed by atoms with Crippen LogP contribution in [0.4, 0.5) is 0 Å². The first kappa shape index (κ1) is 61.3. The summed E-state index contributed by atoms with van der Waals surface area (Å²) in [5, 5.41) is 6.06. The summed E-state index contributed by atoms with van der Waals surface area (Å²) in [5.74, 6) is 0.937. The van der Waals surface area contributed by atoms with Crippen molar-refractivity contribution in [3.8, 4) is 24.7 Å². The third kappa shape index (κ3) is 20.8. The first-order valence-corrected chi connectivity index (χ1v) is 26.0. The highest BCUT2D eigenvalue weighted by atomic mass is 32.2. The minimum atomic E-state index is -1.15. The van der Waals surface area contributed by atoms with Crippen LogP contribution >= 0.6 is 11.8 Å². The summed E-state index contributed by atoms with van der Waals surface area (Å²) < 4.78 is 0. The number of amides is 10. The fraction of sp³-hybridized carbons (Fsp3) is 0.714. The molecule has 0 aromatic heterocycles. The van der Waals surface area contributed by atoms with E-state index in [1.165, 1.54) is 24.5 Å². The number of carbonyl (C=O) groups excluding carboxylic acids is 10. The molecule has 2 aliphatic rings. The fourth-order valence-electron chi connectivity index (χ4n) is 8.51. The lowest BCUT2D eigenvalue weighted by Crippen LogP contribution is -2.55. The van der Waals surface area contributed by atoms with Crippen LogP contribution < -0.4 is 22.1 Å². The Morgan fingerprint density at radius 2 is 1.03 bits per heavy atom. The van der Waals surface area contributed by atoms with Crippen LogP contribution in [-0.4, -0.2) is 215 Å². The SMILES string of the molecule is C#CCN(CC(N)=O)C(=O)CN(CCC)C(=O)CN(CCC)C(=O)CN(CCC)C(=O)CN(CCC)C(=O)CN(CCC)C(=O)CN(CC#C)C(=O)C(CN)NC(=O)CCCC[C@@H]1SC[C@@H]2NC(=O)C[C@@H]21. The molecule has 2 aliphatic heterocycles. The van der Waals surface area contributed by atoms with Gasteiger partial charge >= 0.3 is 0 Å². The van der Waals surface area contributed by atoms with Crippen molar-refractivity contribution in [3.05, 3.63) is 0 Å². The molecule has 396 valence electrons. The highest BCUT2D eigenvalue weighted by Crippen LogP contribution is 2.40. The summed E-state index contributed by atoms with van der Waals surface area (Å²) >= 11 is 1.85. The Hall–Kier alpha value is -5.87. The predicted molar refractivity (Wildman–Crippen MR) is 270 cm³/mol. The number of rotatable bonds is 34. The Kier molecular flexibility index (Phi) is 28.4. The van der Waals surface area contributed by atoms with E-state index in [0.29, 0.717) is 56.1 Å². The summed E-state index contributed by atoms with van der Waals surface area (Å²) in [4.78, 5) is 141. The number of fused-ring (bicyclic) bond motifs is 1. The smallest absolute Gasteiger partial charge is 0.247 e. The first-order valence-electron chi connectivity index (χ1n) is 24.9. The van der Waals surface area contributed by atoms with Crippen molar-refractivity contribution in [2.45, 2.75) is 116 Å². The molecule has 2 rings (SSSR count). The van der Waals surface area contributed by atoms with E-state index in [-0.39, 0.29) is 96.3 Å². The largest absolute Gasteiger partial charge is 0.368 e. The van der Waals surface area contributed by atoms with Gasteiger partial charge in [-0.2, -0.15) is 11.8 Å². The van der Waals surface area contributed by atoms with Crippen LogP contribution in [0.25, 0.3) is 0 Å². The topological polar surface area (TPSA) is 269 Å². The zero-order valence-electron chi connectivity index (χ0n) is 42.6. The summed E-state index contributed by atoms with van der Waals surface area (Å²) in [7, 11) is 0. The van der Waals surface area contributed by atoms with Gasteiger partial charge in [0.25, 0.3) is 0 Å². The molecule has 2 heterocycles. The molecule has 0 radical (unpaired) electrons. The number of nitrogens with one attached hydrogen (secondary N) is 2. The highest BCUT2D eigenvalue weighted by molar-refractivity contribution is 8.00. The molecule has 4 atom stereocenters. The Balaban J connectivity index is 2.10. The van der Waals surface area contributed by atoms with E-state index in [9.17, 15) is 47.9 Å². The van der Waals surface area contributed by atoms with Crippen molar-refractivity contribution in [2.75, 3.05) is 104 Å². The molecule has 21 nitrogen and oxygen atoms in total. The molecular formula is C49H79N11O10S. The third-order valence-electron chi connectivity index (χ3n) is 12.0. The van der Waals surface area contributed by atoms with Crippen LogP contribution in [0.15, 0.2) is 0 Å². The van der Waals surface area contributed by atoms with Crippen LogP contribution in [0.5, 0.6) is 0 Å². The van der Waals surface area contributed by atoms with E-state index < -0.39 is 79.5 Å². The summed E-state index contributed by atoms with van der Waals surface area (Å²) in [6.07, 6.45) is 16.3. The average molecular weight is 1010 g/mol. The third-order valence-corrected chi connectivity index (χ3v) is 13.6. The van der Waals surface area contributed by atoms with Crippen molar-refractivity contribution in [1.29, 1.82) is 0 Å². The van der Waals surface area contributed by atoms with Gasteiger partial charge in [-0.15, -0.1) is 12.8 Å². The van der Waals surface area contributed by atoms with Crippen molar-refractivity contribution in [1.82, 2.24) is 44.9 Å². The highest BCUT2D eigenvalue weighted by Gasteiger charge is 2.43. The quantitative estimate of drug-likeness (QED) is 0.0457. The van der Waals surface area contributed by atoms with E-state index >= 15 is 0 Å². The second kappa shape index (κ2) is 32.9. The van der Waals surface area contributed by atoms with Crippen LogP contribution in [0.2, 0.25) is 0 Å². The van der Waals surface area contributed by atoms with Gasteiger partial charge in [-0.1, -0.05) is 52.9 Å². The van der Waals surface area contributed by atoms with Gasteiger partial charge in [-0.05, 0) is 44.9 Å². The number of primary amides is 1. The van der Waals surface area contributed by atoms with Crippen LogP contribution in [0, 0.1) is 30.6 Å². The molecule has 0 bridgehead atoms. The molecule has 0 aromatic rings. The summed E-state index contributed by atoms with van der Waals surface area (Å²) in [6, 6.07) is -0.934. The first-order chi connectivity index (χ1) is 33.9. The Bertz CT molecular complexity index is 1920. The molecule has 0 spiro atoms. The monoisotopic (exact) mass is 1010 g/mol. The maximum absolute atomic E-state index is 14.0. The molecule has 0 aliphatic carbocycles. The lowest BCUT2D eigenvalue weighted by Gasteiger charge is -2.32. The van der Waals surface area contributed by atoms with Crippen molar-refractivity contribution in [3.63, 3.8) is 0 Å². The molecular weight excluding hydrogens is 935 g/mol. The van der Waals surface area contributed by atoms with E-state index in [4.69, 9.17) is 24.3 Å². The van der Waals surface area contributed by atoms with Crippen molar-refractivity contribution < 1.29 is 47.9 Å². The Morgan fingerprint density at radius 1 is 0.634 bits per heavy atom. The van der Waals surface area contributed by atoms with Gasteiger partial charge in [0, 0.05) is 75.1 Å². The number of hydrogen-bond acceptors (Lipinski definition) is 12. The predicted octanol–water partition coefficient (Wildman–Crippen LogP) is -0.788. The molecule has 6 N–H and O–H groups in total. The van der Waals surface area contributed by atoms with Gasteiger partial charge < -0.3 is 56.4 Å². The second-order valence-corrected chi connectivity index (χ2v) is 19.2. The van der Waals surface area contributed by atoms with Crippen LogP contribution in [0.3, 0.4) is 0 Å². The standard InChI is InChI=1S/C49H79N11O10S/c1-8-19-54(28-40(51)61)43(64)29-55(20-9-2)44(65)30-56(21-10-3)45(66)31-57(22-11-4)46(67)32-58(23-12-5)47(68)33-59(24-13-6)48(69)34-60(25-14-7)49(70)37(27-50)52-41(62)18-16-15-17-39-36-26-42(63)53-38(36)35-71-39/h1,7,36-39H,9-13,15-35,50H2,2-6H3,(H2,51,61)(H,52,62)(H,53,63)/t36-,37?,38-,39-/m0/s1. The molecule has 2 fully saturated rings. The number of nitrogens with two attached hydrogens (primary N) is 2. The molecule has 0 aromatic carbocycles. The Labute approximate surface area is 424 Å². The molecule has 0 saturated carbocycles. The maximum atomic E-state index is 14.0. The van der Waals surface area contributed by atoms with Crippen LogP contribution in [0.1, 0.15) is 98.8 Å². The van der Waals surface area contributed by atoms with Gasteiger partial charge in [0.05, 0.1) is 45.8 Å². The number of carbonyl (C=O) groups is 10. The average Bonchev–Trinajstić information content (AvgIpc) is 3.89. The summed E-state index contributed by atoms with van der Waals surface area (Å²) in [6.45, 7) is 6.35. The zero-order valence-corrected chi connectivity index (χ0v) is 43.4. The number of nitrogens with zero attached hydrogens (tertiary/aromatic N) is 7. The number of thioether (sulfide) groups is 1. The molecule has 22 heteroatoms. The zero-order chi connectivity index (χ0) is 53.0. The number of hydrogen-bond donors (Lipinski definition) is 4. The van der Waals surface area contributed by atoms with E-state index in [0.717, 1.165) is 28.4 Å². The van der Waals surface area contributed by atoms with E-state index in [1.54, 1.807) is 0 Å². The minimum absolute atomic E-state index is 0.0878. The van der Waals surface area contributed by atoms with E-state index in [1.807, 2.05) is 46.4 Å². The van der Waals surface area contributed by atoms with Gasteiger partial charge in [-0.25, -0.2) is 0 Å². The normalized spacial score (nSPS) is 16.0. The molecule has 71 heavy (non-hydrogen) atoms. The Morgan fingerprint density at radius 3 is 1.41 bits per heavy atom. The van der Waals surface area contributed by atoms with Crippen molar-refractivity contribution >= 4 is 70.8 Å². The van der Waals surface area contributed by atoms with Crippen LogP contribution in [-0.2, 0) is 47.9 Å². The van der Waals surface area contributed by atoms with Gasteiger partial charge in [0.2, 0.25) is 59.1 Å². The molecule has 1 unspecified atom stereocenters. The molecule has 2 saturated heterocycles. The maximum Gasteiger partial charge on any atom is 0.247 e. The second-order valence-electron chi connectivity index (χ2n) is 17.9. The lowest BCUT2D eigenvalue weighted by molar-refractivity contribution is -0.148. The number of unbranched alkanes of at least 4 members (excludes halogenated alkanes) is 1. The van der Waals surface area contributed by atoms with Crippen molar-refractivity contribution in [2.24, 2.45) is 17.4 Å². The number of terminal acetylenes is 2. The van der Waals surface area contributed by atoms with Gasteiger partial charge in [0.15, 0.2) is 0 Å². The lowest BCUT2D eigenvalue weighted by atomic mass is 9.94. The van der Waals surface area contributed by atoms with E-state index in [2.05, 4.69) is 22.5 Å². The minimum Gasteiger partial charge on any atom is -0.368 e. The van der Waals surface area contributed by atoms with Gasteiger partial charge in [-0.3, -0.25) is 47.9 Å². The van der Waals surface area contributed by atoms with Gasteiger partial charge in [0.1, 0.15) is 19.1 Å². The summed E-state index contributed by atoms with van der Waals surface area (Å²) in [5.41, 5.74) is 11.2. The fourth-order valence-corrected chi connectivity index (χ4v) is 10.2.